The van der Waals surface area contributed by atoms with Gasteiger partial charge in [0.05, 0.1) is 6.54 Å². The average Bonchev–Trinajstić information content (AvgIpc) is 2.27. The molecule has 0 spiro atoms. The van der Waals surface area contributed by atoms with Crippen molar-refractivity contribution < 1.29 is 4.79 Å². The Morgan fingerprint density at radius 2 is 1.93 bits per heavy atom. The van der Waals surface area contributed by atoms with Crippen LogP contribution in [0.1, 0.15) is 46.0 Å². The molecule has 0 aromatic carbocycles. The quantitative estimate of drug-likeness (QED) is 0.744. The lowest BCUT2D eigenvalue weighted by atomic mass is 9.71. The minimum absolute atomic E-state index is 0.0427. The van der Waals surface area contributed by atoms with Crippen molar-refractivity contribution in [2.75, 3.05) is 13.1 Å². The Hall–Kier alpha value is -0.570. The second-order valence-electron chi connectivity index (χ2n) is 5.30. The largest absolute Gasteiger partial charge is 0.354 e. The number of nitrogens with two attached hydrogens (primary N) is 1. The molecule has 3 nitrogen and oxygen atoms in total. The fourth-order valence-electron chi connectivity index (χ4n) is 2.43. The number of carbonyl (C=O) groups excluding carboxylic acids is 1. The van der Waals surface area contributed by atoms with Crippen molar-refractivity contribution in [1.29, 1.82) is 0 Å². The second-order valence-corrected chi connectivity index (χ2v) is 5.30. The molecule has 3 N–H and O–H groups in total. The van der Waals surface area contributed by atoms with Crippen molar-refractivity contribution in [2.45, 2.75) is 46.0 Å². The third kappa shape index (κ3) is 3.82. The van der Waals surface area contributed by atoms with Crippen LogP contribution in [0.4, 0.5) is 0 Å². The Morgan fingerprint density at radius 3 is 2.47 bits per heavy atom. The Balaban J connectivity index is 2.38. The van der Waals surface area contributed by atoms with Crippen LogP contribution in [0, 0.1) is 11.3 Å². The lowest BCUT2D eigenvalue weighted by Crippen LogP contribution is -2.41. The SMILES string of the molecule is CC(C)(CNC(=O)CN)C1CCCCC1. The predicted molar refractivity (Wildman–Crippen MR) is 62.4 cm³/mol. The minimum atomic E-state index is -0.0427. The van der Waals surface area contributed by atoms with Gasteiger partial charge in [0.15, 0.2) is 0 Å². The number of nitrogens with one attached hydrogen (secondary N) is 1. The zero-order valence-corrected chi connectivity index (χ0v) is 10.0. The molecule has 3 heteroatoms. The second kappa shape index (κ2) is 5.50. The van der Waals surface area contributed by atoms with E-state index < -0.39 is 0 Å². The lowest BCUT2D eigenvalue weighted by molar-refractivity contribution is -0.120. The van der Waals surface area contributed by atoms with Crippen molar-refractivity contribution in [1.82, 2.24) is 5.32 Å². The maximum atomic E-state index is 11.1. The first-order chi connectivity index (χ1) is 7.06. The Morgan fingerprint density at radius 1 is 1.33 bits per heavy atom. The highest BCUT2D eigenvalue weighted by Crippen LogP contribution is 2.37. The van der Waals surface area contributed by atoms with E-state index in [1.807, 2.05) is 0 Å². The smallest absolute Gasteiger partial charge is 0.233 e. The van der Waals surface area contributed by atoms with Crippen LogP contribution in [-0.4, -0.2) is 19.0 Å². The van der Waals surface area contributed by atoms with Gasteiger partial charge in [-0.05, 0) is 24.2 Å². The maximum absolute atomic E-state index is 11.1. The molecule has 1 aliphatic rings. The van der Waals surface area contributed by atoms with Crippen LogP contribution in [0.2, 0.25) is 0 Å². The number of amides is 1. The normalized spacial score (nSPS) is 18.9. The summed E-state index contributed by atoms with van der Waals surface area (Å²) in [4.78, 5) is 11.1. The van der Waals surface area contributed by atoms with Gasteiger partial charge in [0.25, 0.3) is 0 Å². The standard InChI is InChI=1S/C12H24N2O/c1-12(2,9-14-11(15)8-13)10-6-4-3-5-7-10/h10H,3-9,13H2,1-2H3,(H,14,15). The maximum Gasteiger partial charge on any atom is 0.233 e. The van der Waals surface area contributed by atoms with E-state index in [2.05, 4.69) is 19.2 Å². The van der Waals surface area contributed by atoms with Crippen molar-refractivity contribution in [2.24, 2.45) is 17.1 Å². The highest BCUT2D eigenvalue weighted by atomic mass is 16.1. The van der Waals surface area contributed by atoms with E-state index in [-0.39, 0.29) is 17.9 Å². The van der Waals surface area contributed by atoms with E-state index in [4.69, 9.17) is 5.73 Å². The molecule has 0 heterocycles. The molecule has 88 valence electrons. The average molecular weight is 212 g/mol. The molecule has 0 aromatic heterocycles. The summed E-state index contributed by atoms with van der Waals surface area (Å²) in [6.07, 6.45) is 6.69. The van der Waals surface area contributed by atoms with Gasteiger partial charge in [-0.1, -0.05) is 33.1 Å². The van der Waals surface area contributed by atoms with E-state index >= 15 is 0 Å². The van der Waals surface area contributed by atoms with Crippen LogP contribution < -0.4 is 11.1 Å². The number of hydrogen-bond acceptors (Lipinski definition) is 2. The molecule has 1 rings (SSSR count). The van der Waals surface area contributed by atoms with Gasteiger partial charge in [0.1, 0.15) is 0 Å². The number of carbonyl (C=O) groups is 1. The monoisotopic (exact) mass is 212 g/mol. The van der Waals surface area contributed by atoms with Crippen LogP contribution >= 0.6 is 0 Å². The Kier molecular flexibility index (Phi) is 4.58. The summed E-state index contributed by atoms with van der Waals surface area (Å²) in [5, 5.41) is 2.91. The van der Waals surface area contributed by atoms with Gasteiger partial charge in [0, 0.05) is 6.54 Å². The molecule has 0 aromatic rings. The summed E-state index contributed by atoms with van der Waals surface area (Å²) in [6.45, 7) is 5.36. The summed E-state index contributed by atoms with van der Waals surface area (Å²) in [5.41, 5.74) is 5.48. The van der Waals surface area contributed by atoms with Gasteiger partial charge < -0.3 is 11.1 Å². The van der Waals surface area contributed by atoms with Gasteiger partial charge in [-0.3, -0.25) is 4.79 Å². The molecule has 1 aliphatic carbocycles. The first-order valence-electron chi connectivity index (χ1n) is 6.03. The van der Waals surface area contributed by atoms with E-state index in [0.29, 0.717) is 0 Å². The highest BCUT2D eigenvalue weighted by molar-refractivity contribution is 5.77. The molecule has 0 aliphatic heterocycles. The van der Waals surface area contributed by atoms with E-state index in [9.17, 15) is 4.79 Å². The summed E-state index contributed by atoms with van der Waals surface area (Å²) >= 11 is 0. The zero-order valence-electron chi connectivity index (χ0n) is 10.0. The van der Waals surface area contributed by atoms with E-state index in [0.717, 1.165) is 12.5 Å². The zero-order chi connectivity index (χ0) is 11.3. The van der Waals surface area contributed by atoms with Crippen molar-refractivity contribution in [3.8, 4) is 0 Å². The molecule has 0 radical (unpaired) electrons. The van der Waals surface area contributed by atoms with Crippen LogP contribution in [0.25, 0.3) is 0 Å². The predicted octanol–water partition coefficient (Wildman–Crippen LogP) is 1.67. The molecule has 0 bridgehead atoms. The highest BCUT2D eigenvalue weighted by Gasteiger charge is 2.30. The van der Waals surface area contributed by atoms with Crippen LogP contribution in [0.3, 0.4) is 0 Å². The van der Waals surface area contributed by atoms with E-state index in [1.165, 1.54) is 32.1 Å². The Bertz CT molecular complexity index is 208. The van der Waals surface area contributed by atoms with Crippen molar-refractivity contribution >= 4 is 5.91 Å². The van der Waals surface area contributed by atoms with Gasteiger partial charge in [0.2, 0.25) is 5.91 Å². The third-order valence-electron chi connectivity index (χ3n) is 3.64. The number of hydrogen-bond donors (Lipinski definition) is 2. The fourth-order valence-corrected chi connectivity index (χ4v) is 2.43. The molecule has 15 heavy (non-hydrogen) atoms. The lowest BCUT2D eigenvalue weighted by Gasteiger charge is -2.37. The van der Waals surface area contributed by atoms with Crippen LogP contribution in [0.5, 0.6) is 0 Å². The minimum Gasteiger partial charge on any atom is -0.354 e. The summed E-state index contributed by atoms with van der Waals surface area (Å²) < 4.78 is 0. The molecule has 1 saturated carbocycles. The van der Waals surface area contributed by atoms with Crippen molar-refractivity contribution in [3.63, 3.8) is 0 Å². The molecular formula is C12H24N2O. The third-order valence-corrected chi connectivity index (χ3v) is 3.64. The van der Waals surface area contributed by atoms with Crippen LogP contribution in [-0.2, 0) is 4.79 Å². The molecule has 0 saturated heterocycles. The van der Waals surface area contributed by atoms with Gasteiger partial charge >= 0.3 is 0 Å². The van der Waals surface area contributed by atoms with E-state index in [1.54, 1.807) is 0 Å². The Labute approximate surface area is 92.8 Å². The van der Waals surface area contributed by atoms with Crippen LogP contribution in [0.15, 0.2) is 0 Å². The molecule has 0 unspecified atom stereocenters. The first kappa shape index (κ1) is 12.5. The molecular weight excluding hydrogens is 188 g/mol. The molecule has 1 amide bonds. The van der Waals surface area contributed by atoms with Gasteiger partial charge in [-0.2, -0.15) is 0 Å². The van der Waals surface area contributed by atoms with Crippen molar-refractivity contribution in [3.05, 3.63) is 0 Å². The number of rotatable bonds is 4. The molecule has 0 atom stereocenters. The van der Waals surface area contributed by atoms with Gasteiger partial charge in [-0.25, -0.2) is 0 Å². The fraction of sp³-hybridized carbons (Fsp3) is 0.917. The summed E-state index contributed by atoms with van der Waals surface area (Å²) in [5.74, 6) is 0.711. The van der Waals surface area contributed by atoms with Gasteiger partial charge in [-0.15, -0.1) is 0 Å². The topological polar surface area (TPSA) is 55.1 Å². The first-order valence-corrected chi connectivity index (χ1v) is 6.03. The summed E-state index contributed by atoms with van der Waals surface area (Å²) in [7, 11) is 0. The summed E-state index contributed by atoms with van der Waals surface area (Å²) in [6, 6.07) is 0. The molecule has 1 fully saturated rings.